The molecule has 0 saturated heterocycles. The highest BCUT2D eigenvalue weighted by Crippen LogP contribution is 2.39. The fourth-order valence-electron chi connectivity index (χ4n) is 2.58. The maximum Gasteiger partial charge on any atom is 0.244 e. The Bertz CT molecular complexity index is 751. The number of rotatable bonds is 4. The minimum absolute atomic E-state index is 0.323. The maximum atomic E-state index is 12.6. The van der Waals surface area contributed by atoms with Gasteiger partial charge in [-0.2, -0.15) is 0 Å². The number of nitrogens with two attached hydrogens (primary N) is 1. The summed E-state index contributed by atoms with van der Waals surface area (Å²) in [4.78, 5) is 3.30. The number of anilines is 1. The van der Waals surface area contributed by atoms with Gasteiger partial charge in [0.1, 0.15) is 4.90 Å². The molecular formula is C14H19N3O2S. The van der Waals surface area contributed by atoms with Crippen LogP contribution in [0.1, 0.15) is 13.3 Å². The molecule has 1 aliphatic rings. The molecular weight excluding hydrogens is 274 g/mol. The van der Waals surface area contributed by atoms with E-state index in [9.17, 15) is 8.42 Å². The molecule has 0 bridgehead atoms. The van der Waals surface area contributed by atoms with Crippen LogP contribution in [0.15, 0.2) is 29.3 Å². The summed E-state index contributed by atoms with van der Waals surface area (Å²) in [5.74, 6) is 1.13. The molecule has 0 aliphatic heterocycles. The third kappa shape index (κ3) is 2.19. The Morgan fingerprint density at radius 2 is 2.15 bits per heavy atom. The molecule has 1 aromatic carbocycles. The van der Waals surface area contributed by atoms with Gasteiger partial charge >= 0.3 is 0 Å². The molecule has 2 aromatic rings. The average molecular weight is 293 g/mol. The van der Waals surface area contributed by atoms with Crippen LogP contribution in [0, 0.1) is 11.8 Å². The molecule has 1 aliphatic carbocycles. The molecule has 0 spiro atoms. The standard InChI is InChI=1S/C14H19N3O2S/c1-9-5-10(9)8-17(2)20(18,19)14-7-16-13-6-11(15)3-4-12(13)14/h3-4,6-7,9-10,16H,5,8,15H2,1-2H3. The first-order valence-corrected chi connectivity index (χ1v) is 8.16. The van der Waals surface area contributed by atoms with E-state index in [1.165, 1.54) is 4.31 Å². The number of hydrogen-bond donors (Lipinski definition) is 2. The smallest absolute Gasteiger partial charge is 0.244 e. The van der Waals surface area contributed by atoms with E-state index in [1.54, 1.807) is 31.4 Å². The zero-order chi connectivity index (χ0) is 14.5. The van der Waals surface area contributed by atoms with Crippen molar-refractivity contribution in [1.82, 2.24) is 9.29 Å². The minimum Gasteiger partial charge on any atom is -0.399 e. The zero-order valence-electron chi connectivity index (χ0n) is 11.6. The molecule has 20 heavy (non-hydrogen) atoms. The summed E-state index contributed by atoms with van der Waals surface area (Å²) in [6.07, 6.45) is 2.66. The lowest BCUT2D eigenvalue weighted by molar-refractivity contribution is 0.445. The van der Waals surface area contributed by atoms with Crippen LogP contribution in [0.25, 0.3) is 10.9 Å². The van der Waals surface area contributed by atoms with E-state index in [2.05, 4.69) is 11.9 Å². The number of aromatic nitrogens is 1. The first-order chi connectivity index (χ1) is 9.39. The number of nitrogen functional groups attached to an aromatic ring is 1. The Balaban J connectivity index is 1.96. The number of aromatic amines is 1. The fraction of sp³-hybridized carbons (Fsp3) is 0.429. The molecule has 1 heterocycles. The Labute approximate surface area is 118 Å². The van der Waals surface area contributed by atoms with Crippen LogP contribution in [-0.4, -0.2) is 31.3 Å². The first-order valence-electron chi connectivity index (χ1n) is 6.72. The van der Waals surface area contributed by atoms with Crippen LogP contribution < -0.4 is 5.73 Å². The quantitative estimate of drug-likeness (QED) is 0.846. The van der Waals surface area contributed by atoms with Crippen molar-refractivity contribution in [2.45, 2.75) is 18.2 Å². The summed E-state index contributed by atoms with van der Waals surface area (Å²) >= 11 is 0. The molecule has 2 atom stereocenters. The SMILES string of the molecule is CC1CC1CN(C)S(=O)(=O)c1c[nH]c2cc(N)ccc12. The lowest BCUT2D eigenvalue weighted by atomic mass is 10.2. The second-order valence-electron chi connectivity index (χ2n) is 5.72. The van der Waals surface area contributed by atoms with E-state index in [1.807, 2.05) is 0 Å². The van der Waals surface area contributed by atoms with E-state index < -0.39 is 10.0 Å². The normalized spacial score (nSPS) is 22.6. The topological polar surface area (TPSA) is 79.2 Å². The highest BCUT2D eigenvalue weighted by molar-refractivity contribution is 7.89. The first kappa shape index (κ1) is 13.5. The van der Waals surface area contributed by atoms with Gasteiger partial charge in [-0.15, -0.1) is 0 Å². The van der Waals surface area contributed by atoms with Gasteiger partial charge in [0.2, 0.25) is 10.0 Å². The van der Waals surface area contributed by atoms with Gasteiger partial charge in [-0.25, -0.2) is 12.7 Å². The van der Waals surface area contributed by atoms with Crippen LogP contribution in [0.3, 0.4) is 0 Å². The number of fused-ring (bicyclic) bond motifs is 1. The lowest BCUT2D eigenvalue weighted by Crippen LogP contribution is -2.29. The van der Waals surface area contributed by atoms with Crippen molar-refractivity contribution in [3.8, 4) is 0 Å². The molecule has 108 valence electrons. The van der Waals surface area contributed by atoms with Crippen molar-refractivity contribution >= 4 is 26.6 Å². The van der Waals surface area contributed by atoms with Gasteiger partial charge in [-0.3, -0.25) is 0 Å². The van der Waals surface area contributed by atoms with Crippen molar-refractivity contribution < 1.29 is 8.42 Å². The summed E-state index contributed by atoms with van der Waals surface area (Å²) in [6, 6.07) is 5.22. The molecule has 1 aromatic heterocycles. The molecule has 1 fully saturated rings. The van der Waals surface area contributed by atoms with Crippen molar-refractivity contribution in [3.05, 3.63) is 24.4 Å². The highest BCUT2D eigenvalue weighted by atomic mass is 32.2. The van der Waals surface area contributed by atoms with Gasteiger partial charge in [0, 0.05) is 36.4 Å². The Morgan fingerprint density at radius 1 is 1.45 bits per heavy atom. The number of nitrogens with zero attached hydrogens (tertiary/aromatic N) is 1. The van der Waals surface area contributed by atoms with Gasteiger partial charge in [-0.05, 0) is 36.5 Å². The van der Waals surface area contributed by atoms with E-state index in [0.29, 0.717) is 34.3 Å². The molecule has 3 N–H and O–H groups in total. The Kier molecular flexibility index (Phi) is 3.02. The monoisotopic (exact) mass is 293 g/mol. The summed E-state index contributed by atoms with van der Waals surface area (Å²) in [6.45, 7) is 2.74. The van der Waals surface area contributed by atoms with E-state index in [4.69, 9.17) is 5.73 Å². The Hall–Kier alpha value is -1.53. The molecule has 0 radical (unpaired) electrons. The molecule has 5 nitrogen and oxygen atoms in total. The van der Waals surface area contributed by atoms with Crippen LogP contribution in [0.4, 0.5) is 5.69 Å². The molecule has 1 saturated carbocycles. The number of sulfonamides is 1. The lowest BCUT2D eigenvalue weighted by Gasteiger charge is -2.16. The van der Waals surface area contributed by atoms with Gasteiger partial charge < -0.3 is 10.7 Å². The highest BCUT2D eigenvalue weighted by Gasteiger charge is 2.36. The number of benzene rings is 1. The van der Waals surface area contributed by atoms with Gasteiger partial charge in [0.25, 0.3) is 0 Å². The Morgan fingerprint density at radius 3 is 2.80 bits per heavy atom. The van der Waals surface area contributed by atoms with E-state index >= 15 is 0 Å². The van der Waals surface area contributed by atoms with Crippen molar-refractivity contribution in [3.63, 3.8) is 0 Å². The molecule has 2 unspecified atom stereocenters. The van der Waals surface area contributed by atoms with Gasteiger partial charge in [-0.1, -0.05) is 6.92 Å². The third-order valence-electron chi connectivity index (χ3n) is 4.12. The molecule has 6 heteroatoms. The van der Waals surface area contributed by atoms with Crippen molar-refractivity contribution in [1.29, 1.82) is 0 Å². The van der Waals surface area contributed by atoms with E-state index in [0.717, 1.165) is 11.9 Å². The fourth-order valence-corrected chi connectivity index (χ4v) is 3.97. The van der Waals surface area contributed by atoms with Crippen molar-refractivity contribution in [2.24, 2.45) is 11.8 Å². The van der Waals surface area contributed by atoms with Crippen molar-refractivity contribution in [2.75, 3.05) is 19.3 Å². The second kappa shape index (κ2) is 4.49. The predicted molar refractivity (Wildman–Crippen MR) is 79.8 cm³/mol. The van der Waals surface area contributed by atoms with Crippen LogP contribution in [0.2, 0.25) is 0 Å². The van der Waals surface area contributed by atoms with E-state index in [-0.39, 0.29) is 0 Å². The summed E-state index contributed by atoms with van der Waals surface area (Å²) in [7, 11) is -1.80. The van der Waals surface area contributed by atoms with Gasteiger partial charge in [0.05, 0.1) is 0 Å². The van der Waals surface area contributed by atoms with Crippen LogP contribution in [-0.2, 0) is 10.0 Å². The second-order valence-corrected chi connectivity index (χ2v) is 7.73. The zero-order valence-corrected chi connectivity index (χ0v) is 12.4. The minimum atomic E-state index is -3.45. The predicted octanol–water partition coefficient (Wildman–Crippen LogP) is 2.03. The third-order valence-corrected chi connectivity index (χ3v) is 5.99. The largest absolute Gasteiger partial charge is 0.399 e. The summed E-state index contributed by atoms with van der Waals surface area (Å²) < 4.78 is 26.7. The summed E-state index contributed by atoms with van der Waals surface area (Å²) in [5, 5.41) is 0.690. The average Bonchev–Trinajstić information content (AvgIpc) is 2.90. The maximum absolute atomic E-state index is 12.6. The number of nitrogens with one attached hydrogen (secondary N) is 1. The summed E-state index contributed by atoms with van der Waals surface area (Å²) in [5.41, 5.74) is 7.07. The number of hydrogen-bond acceptors (Lipinski definition) is 3. The molecule has 3 rings (SSSR count). The number of H-pyrrole nitrogens is 1. The van der Waals surface area contributed by atoms with Crippen LogP contribution in [0.5, 0.6) is 0 Å². The molecule has 0 amide bonds. The van der Waals surface area contributed by atoms with Gasteiger partial charge in [0.15, 0.2) is 0 Å². The van der Waals surface area contributed by atoms with Crippen LogP contribution >= 0.6 is 0 Å².